The number of fused-ring (bicyclic) bond motifs is 1. The van der Waals surface area contributed by atoms with Crippen molar-refractivity contribution in [2.24, 2.45) is 0 Å². The monoisotopic (exact) mass is 377 g/mol. The Morgan fingerprint density at radius 3 is 2.58 bits per heavy atom. The average molecular weight is 378 g/mol. The Balaban J connectivity index is 0.00000243. The van der Waals surface area contributed by atoms with Crippen LogP contribution in [0.3, 0.4) is 0 Å². The number of H-pyrrole nitrogens is 1. The number of nitrogens with zero attached hydrogens (tertiary/aromatic N) is 2. The summed E-state index contributed by atoms with van der Waals surface area (Å²) in [5.74, 6) is -0.117. The van der Waals surface area contributed by atoms with Gasteiger partial charge in [-0.05, 0) is 24.2 Å². The van der Waals surface area contributed by atoms with Gasteiger partial charge in [0.2, 0.25) is 0 Å². The number of hydrogen-bond donors (Lipinski definition) is 3. The molecule has 6 nitrogen and oxygen atoms in total. The molecule has 142 valence electrons. The van der Waals surface area contributed by atoms with Crippen LogP contribution in [-0.2, 0) is 26.1 Å². The molecule has 0 unspecified atom stereocenters. The highest BCUT2D eigenvalue weighted by atomic mass is 35.5. The van der Waals surface area contributed by atoms with Crippen molar-refractivity contribution < 1.29 is 4.79 Å². The van der Waals surface area contributed by atoms with Crippen molar-refractivity contribution in [1.82, 2.24) is 25.7 Å². The van der Waals surface area contributed by atoms with Gasteiger partial charge in [0.1, 0.15) is 0 Å². The van der Waals surface area contributed by atoms with E-state index < -0.39 is 0 Å². The van der Waals surface area contributed by atoms with Crippen molar-refractivity contribution in [2.45, 2.75) is 39.9 Å². The van der Waals surface area contributed by atoms with Crippen LogP contribution >= 0.6 is 12.4 Å². The van der Waals surface area contributed by atoms with Crippen molar-refractivity contribution >= 4 is 18.3 Å². The van der Waals surface area contributed by atoms with Crippen LogP contribution < -0.4 is 10.6 Å². The minimum atomic E-state index is -0.117. The first-order valence-corrected chi connectivity index (χ1v) is 9.06. The molecule has 0 saturated carbocycles. The summed E-state index contributed by atoms with van der Waals surface area (Å²) in [6, 6.07) is 8.45. The number of halogens is 1. The minimum absolute atomic E-state index is 0. The number of carbonyl (C=O) groups is 1. The fraction of sp³-hybridized carbons (Fsp3) is 0.474. The first kappa shape index (κ1) is 20.4. The van der Waals surface area contributed by atoms with E-state index in [1.54, 1.807) is 0 Å². The van der Waals surface area contributed by atoms with Crippen molar-refractivity contribution in [2.75, 3.05) is 19.6 Å². The normalized spacial score (nSPS) is 13.2. The number of hydrogen-bond acceptors (Lipinski definition) is 4. The van der Waals surface area contributed by atoms with E-state index in [0.717, 1.165) is 49.4 Å². The molecule has 0 saturated heterocycles. The largest absolute Gasteiger partial charge is 0.347 e. The first-order chi connectivity index (χ1) is 12.2. The first-order valence-electron chi connectivity index (χ1n) is 9.06. The molecular formula is C19H28ClN5O. The predicted octanol–water partition coefficient (Wildman–Crippen LogP) is 2.25. The summed E-state index contributed by atoms with van der Waals surface area (Å²) in [4.78, 5) is 14.8. The lowest BCUT2D eigenvalue weighted by atomic mass is 10.1. The molecule has 3 rings (SSSR count). The highest BCUT2D eigenvalue weighted by Crippen LogP contribution is 2.15. The molecule has 2 aromatic rings. The van der Waals surface area contributed by atoms with Gasteiger partial charge in [-0.25, -0.2) is 0 Å². The summed E-state index contributed by atoms with van der Waals surface area (Å²) >= 11 is 0. The van der Waals surface area contributed by atoms with Crippen LogP contribution in [0.25, 0.3) is 0 Å². The average Bonchev–Trinajstić information content (AvgIpc) is 3.09. The SMILES string of the molecule is CCN(CC)Cc1ccc(CNC(=O)c2n[nH]c3c2CNCC3)cc1.Cl. The van der Waals surface area contributed by atoms with E-state index >= 15 is 0 Å². The lowest BCUT2D eigenvalue weighted by molar-refractivity contribution is 0.0944. The van der Waals surface area contributed by atoms with E-state index in [9.17, 15) is 4.79 Å². The second-order valence-electron chi connectivity index (χ2n) is 6.42. The van der Waals surface area contributed by atoms with Crippen molar-refractivity contribution in [3.63, 3.8) is 0 Å². The molecule has 1 aliphatic rings. The summed E-state index contributed by atoms with van der Waals surface area (Å²) < 4.78 is 0. The van der Waals surface area contributed by atoms with E-state index in [0.29, 0.717) is 18.8 Å². The lowest BCUT2D eigenvalue weighted by Crippen LogP contribution is -2.28. The summed E-state index contributed by atoms with van der Waals surface area (Å²) in [5.41, 5.74) is 4.98. The molecule has 3 N–H and O–H groups in total. The molecule has 0 spiro atoms. The molecule has 26 heavy (non-hydrogen) atoms. The number of rotatable bonds is 7. The minimum Gasteiger partial charge on any atom is -0.347 e. The molecule has 1 aromatic heterocycles. The highest BCUT2D eigenvalue weighted by Gasteiger charge is 2.21. The third kappa shape index (κ3) is 4.84. The Morgan fingerprint density at radius 1 is 1.19 bits per heavy atom. The zero-order chi connectivity index (χ0) is 17.6. The van der Waals surface area contributed by atoms with Gasteiger partial charge in [-0.2, -0.15) is 5.10 Å². The summed E-state index contributed by atoms with van der Waals surface area (Å²) in [6.07, 6.45) is 0.892. The lowest BCUT2D eigenvalue weighted by Gasteiger charge is -2.18. The Hall–Kier alpha value is -1.89. The molecule has 0 fully saturated rings. The van der Waals surface area contributed by atoms with Crippen LogP contribution in [0, 0.1) is 0 Å². The van der Waals surface area contributed by atoms with Crippen molar-refractivity contribution in [1.29, 1.82) is 0 Å². The molecule has 0 radical (unpaired) electrons. The molecule has 0 bridgehead atoms. The summed E-state index contributed by atoms with van der Waals surface area (Å²) in [5, 5.41) is 13.4. The molecule has 1 aliphatic heterocycles. The van der Waals surface area contributed by atoms with Crippen molar-refractivity contribution in [3.8, 4) is 0 Å². The van der Waals surface area contributed by atoms with Crippen LogP contribution in [-0.4, -0.2) is 40.6 Å². The quantitative estimate of drug-likeness (QED) is 0.692. The molecule has 2 heterocycles. The van der Waals surface area contributed by atoms with Crippen LogP contribution in [0.15, 0.2) is 24.3 Å². The number of aromatic amines is 1. The molecule has 0 aliphatic carbocycles. The summed E-state index contributed by atoms with van der Waals surface area (Å²) in [6.45, 7) is 9.57. The van der Waals surface area contributed by atoms with E-state index in [1.807, 2.05) is 0 Å². The number of nitrogens with one attached hydrogen (secondary N) is 3. The zero-order valence-corrected chi connectivity index (χ0v) is 16.3. The van der Waals surface area contributed by atoms with Gasteiger partial charge in [0.15, 0.2) is 5.69 Å². The zero-order valence-electron chi connectivity index (χ0n) is 15.5. The van der Waals surface area contributed by atoms with Gasteiger partial charge < -0.3 is 10.6 Å². The molecule has 7 heteroatoms. The second kappa shape index (κ2) is 9.71. The second-order valence-corrected chi connectivity index (χ2v) is 6.42. The fourth-order valence-corrected chi connectivity index (χ4v) is 3.15. The van der Waals surface area contributed by atoms with Gasteiger partial charge in [-0.15, -0.1) is 12.4 Å². The van der Waals surface area contributed by atoms with Crippen molar-refractivity contribution in [3.05, 3.63) is 52.3 Å². The molecular weight excluding hydrogens is 350 g/mol. The van der Waals surface area contributed by atoms with Gasteiger partial charge in [0.25, 0.3) is 5.91 Å². The van der Waals surface area contributed by atoms with Gasteiger partial charge >= 0.3 is 0 Å². The van der Waals surface area contributed by atoms with Crippen LogP contribution in [0.4, 0.5) is 0 Å². The maximum Gasteiger partial charge on any atom is 0.272 e. The highest BCUT2D eigenvalue weighted by molar-refractivity contribution is 5.94. The summed E-state index contributed by atoms with van der Waals surface area (Å²) in [7, 11) is 0. The maximum absolute atomic E-state index is 12.4. The Morgan fingerprint density at radius 2 is 1.88 bits per heavy atom. The van der Waals surface area contributed by atoms with Crippen LogP contribution in [0.2, 0.25) is 0 Å². The fourth-order valence-electron chi connectivity index (χ4n) is 3.15. The van der Waals surface area contributed by atoms with E-state index in [2.05, 4.69) is 63.8 Å². The van der Waals surface area contributed by atoms with Gasteiger partial charge in [0.05, 0.1) is 0 Å². The maximum atomic E-state index is 12.4. The Kier molecular flexibility index (Phi) is 7.63. The Labute approximate surface area is 161 Å². The topological polar surface area (TPSA) is 73.0 Å². The predicted molar refractivity (Wildman–Crippen MR) is 105 cm³/mol. The van der Waals surface area contributed by atoms with Gasteiger partial charge in [-0.1, -0.05) is 38.1 Å². The standard InChI is InChI=1S/C19H27N5O.ClH/c1-3-24(4-2)13-15-7-5-14(6-8-15)11-21-19(25)18-16-12-20-10-9-17(16)22-23-18;/h5-8,20H,3-4,9-13H2,1-2H3,(H,21,25)(H,22,23);1H. The van der Waals surface area contributed by atoms with Crippen LogP contribution in [0.5, 0.6) is 0 Å². The number of amides is 1. The smallest absolute Gasteiger partial charge is 0.272 e. The Bertz CT molecular complexity index is 709. The molecule has 1 aromatic carbocycles. The van der Waals surface area contributed by atoms with Crippen LogP contribution in [0.1, 0.15) is 46.7 Å². The molecule has 0 atom stereocenters. The third-order valence-corrected chi connectivity index (χ3v) is 4.80. The number of aromatic nitrogens is 2. The molecule has 1 amide bonds. The van der Waals surface area contributed by atoms with Gasteiger partial charge in [-0.3, -0.25) is 14.8 Å². The van der Waals surface area contributed by atoms with E-state index in [4.69, 9.17) is 0 Å². The third-order valence-electron chi connectivity index (χ3n) is 4.80. The van der Waals surface area contributed by atoms with E-state index in [1.165, 1.54) is 5.56 Å². The van der Waals surface area contributed by atoms with Gasteiger partial charge in [0, 0.05) is 43.9 Å². The van der Waals surface area contributed by atoms with E-state index in [-0.39, 0.29) is 18.3 Å². The number of benzene rings is 1. The number of carbonyl (C=O) groups excluding carboxylic acids is 1.